The molecule has 3 fully saturated rings. The first-order valence-corrected chi connectivity index (χ1v) is 7.05. The second-order valence-corrected chi connectivity index (χ2v) is 5.69. The van der Waals surface area contributed by atoms with Crippen LogP contribution in [-0.2, 0) is 9.59 Å². The first kappa shape index (κ1) is 12.0. The molecule has 5 nitrogen and oxygen atoms in total. The molecule has 3 aliphatic heterocycles. The maximum absolute atomic E-state index is 12.2. The molecule has 3 rings (SSSR count). The van der Waals surface area contributed by atoms with Gasteiger partial charge in [-0.05, 0) is 32.2 Å². The van der Waals surface area contributed by atoms with Gasteiger partial charge in [-0.25, -0.2) is 0 Å². The van der Waals surface area contributed by atoms with Crippen molar-refractivity contribution in [3.05, 3.63) is 0 Å². The Kier molecular flexibility index (Phi) is 3.24. The highest BCUT2D eigenvalue weighted by molar-refractivity contribution is 5.83. The minimum absolute atomic E-state index is 0.0295. The van der Waals surface area contributed by atoms with Crippen molar-refractivity contribution in [2.75, 3.05) is 19.6 Å². The van der Waals surface area contributed by atoms with E-state index in [0.29, 0.717) is 31.5 Å². The fourth-order valence-corrected chi connectivity index (χ4v) is 3.51. The van der Waals surface area contributed by atoms with Gasteiger partial charge >= 0.3 is 0 Å². The Hall–Kier alpha value is -1.10. The first-order chi connectivity index (χ1) is 8.74. The average Bonchev–Trinajstić information content (AvgIpc) is 2.95. The standard InChI is InChI=1S/C13H21N3O2/c17-12-4-3-9(8-14-12)13(18)15-10-5-7-16-6-1-2-11(10)16/h9-11H,1-8H2,(H,14,17)(H,15,18). The van der Waals surface area contributed by atoms with Gasteiger partial charge < -0.3 is 10.6 Å². The third kappa shape index (κ3) is 2.23. The molecule has 0 radical (unpaired) electrons. The lowest BCUT2D eigenvalue weighted by molar-refractivity contribution is -0.129. The summed E-state index contributed by atoms with van der Waals surface area (Å²) in [6.07, 6.45) is 4.73. The number of piperidine rings is 1. The number of nitrogens with zero attached hydrogens (tertiary/aromatic N) is 1. The number of hydrogen-bond acceptors (Lipinski definition) is 3. The molecule has 0 aliphatic carbocycles. The van der Waals surface area contributed by atoms with E-state index in [9.17, 15) is 9.59 Å². The lowest BCUT2D eigenvalue weighted by atomic mass is 9.97. The minimum Gasteiger partial charge on any atom is -0.355 e. The molecule has 0 spiro atoms. The SMILES string of the molecule is O=C1CCC(C(=O)NC2CCN3CCCC23)CN1. The van der Waals surface area contributed by atoms with Crippen LogP contribution in [0, 0.1) is 5.92 Å². The van der Waals surface area contributed by atoms with Gasteiger partial charge in [0.15, 0.2) is 0 Å². The zero-order valence-corrected chi connectivity index (χ0v) is 10.7. The summed E-state index contributed by atoms with van der Waals surface area (Å²) in [7, 11) is 0. The van der Waals surface area contributed by atoms with Crippen molar-refractivity contribution in [1.29, 1.82) is 0 Å². The monoisotopic (exact) mass is 251 g/mol. The average molecular weight is 251 g/mol. The van der Waals surface area contributed by atoms with Crippen LogP contribution in [-0.4, -0.2) is 48.4 Å². The molecule has 0 aromatic rings. The molecule has 3 unspecified atom stereocenters. The minimum atomic E-state index is -0.0295. The largest absolute Gasteiger partial charge is 0.355 e. The van der Waals surface area contributed by atoms with Crippen molar-refractivity contribution >= 4 is 11.8 Å². The molecule has 2 amide bonds. The molecular weight excluding hydrogens is 230 g/mol. The fourth-order valence-electron chi connectivity index (χ4n) is 3.51. The Balaban J connectivity index is 1.53. The zero-order valence-electron chi connectivity index (χ0n) is 10.7. The van der Waals surface area contributed by atoms with Gasteiger partial charge in [0.05, 0.1) is 5.92 Å². The van der Waals surface area contributed by atoms with Gasteiger partial charge in [-0.1, -0.05) is 0 Å². The third-order valence-electron chi connectivity index (χ3n) is 4.57. The van der Waals surface area contributed by atoms with Crippen LogP contribution in [0.5, 0.6) is 0 Å². The summed E-state index contributed by atoms with van der Waals surface area (Å²) in [6, 6.07) is 0.893. The van der Waals surface area contributed by atoms with Crippen molar-refractivity contribution < 1.29 is 9.59 Å². The van der Waals surface area contributed by atoms with Crippen LogP contribution in [0.3, 0.4) is 0 Å². The van der Waals surface area contributed by atoms with Gasteiger partial charge in [-0.3, -0.25) is 14.5 Å². The molecule has 0 saturated carbocycles. The molecule has 3 saturated heterocycles. The quantitative estimate of drug-likeness (QED) is 0.718. The van der Waals surface area contributed by atoms with Crippen LogP contribution < -0.4 is 10.6 Å². The van der Waals surface area contributed by atoms with E-state index in [2.05, 4.69) is 15.5 Å². The summed E-state index contributed by atoms with van der Waals surface area (Å²) < 4.78 is 0. The molecule has 3 heterocycles. The molecule has 2 N–H and O–H groups in total. The molecule has 0 aromatic carbocycles. The Labute approximate surface area is 107 Å². The van der Waals surface area contributed by atoms with Crippen molar-refractivity contribution in [2.24, 2.45) is 5.92 Å². The Morgan fingerprint density at radius 1 is 1.28 bits per heavy atom. The van der Waals surface area contributed by atoms with Gasteiger partial charge in [0.2, 0.25) is 11.8 Å². The predicted octanol–water partition coefficient (Wildman–Crippen LogP) is -0.134. The van der Waals surface area contributed by atoms with Crippen molar-refractivity contribution in [2.45, 2.75) is 44.2 Å². The van der Waals surface area contributed by atoms with Crippen molar-refractivity contribution in [3.8, 4) is 0 Å². The van der Waals surface area contributed by atoms with Gasteiger partial charge in [0.1, 0.15) is 0 Å². The Morgan fingerprint density at radius 2 is 2.17 bits per heavy atom. The number of nitrogens with one attached hydrogen (secondary N) is 2. The van der Waals surface area contributed by atoms with E-state index in [1.807, 2.05) is 0 Å². The van der Waals surface area contributed by atoms with E-state index >= 15 is 0 Å². The van der Waals surface area contributed by atoms with Crippen LogP contribution in [0.2, 0.25) is 0 Å². The summed E-state index contributed by atoms with van der Waals surface area (Å²) in [4.78, 5) is 25.7. The molecule has 5 heteroatoms. The van der Waals surface area contributed by atoms with E-state index in [-0.39, 0.29) is 17.7 Å². The smallest absolute Gasteiger partial charge is 0.225 e. The van der Waals surface area contributed by atoms with Crippen LogP contribution in [0.25, 0.3) is 0 Å². The number of amides is 2. The molecule has 0 bridgehead atoms. The summed E-state index contributed by atoms with van der Waals surface area (Å²) in [6.45, 7) is 2.82. The molecule has 3 atom stereocenters. The number of hydrogen-bond donors (Lipinski definition) is 2. The fraction of sp³-hybridized carbons (Fsp3) is 0.846. The van der Waals surface area contributed by atoms with E-state index in [0.717, 1.165) is 13.0 Å². The van der Waals surface area contributed by atoms with E-state index < -0.39 is 0 Å². The topological polar surface area (TPSA) is 61.4 Å². The number of fused-ring (bicyclic) bond motifs is 1. The van der Waals surface area contributed by atoms with Crippen molar-refractivity contribution in [3.63, 3.8) is 0 Å². The summed E-state index contributed by atoms with van der Waals surface area (Å²) in [5, 5.41) is 5.98. The van der Waals surface area contributed by atoms with Gasteiger partial charge in [-0.15, -0.1) is 0 Å². The number of carbonyl (C=O) groups is 2. The summed E-state index contributed by atoms with van der Waals surface area (Å²) in [5.41, 5.74) is 0. The maximum Gasteiger partial charge on any atom is 0.225 e. The van der Waals surface area contributed by atoms with Gasteiger partial charge in [0, 0.05) is 31.6 Å². The highest BCUT2D eigenvalue weighted by atomic mass is 16.2. The molecule has 18 heavy (non-hydrogen) atoms. The van der Waals surface area contributed by atoms with Crippen LogP contribution >= 0.6 is 0 Å². The highest BCUT2D eigenvalue weighted by Crippen LogP contribution is 2.28. The van der Waals surface area contributed by atoms with Gasteiger partial charge in [-0.2, -0.15) is 0 Å². The number of rotatable bonds is 2. The Bertz CT molecular complexity index is 348. The lowest BCUT2D eigenvalue weighted by Crippen LogP contribution is -2.48. The highest BCUT2D eigenvalue weighted by Gasteiger charge is 2.38. The molecule has 3 aliphatic rings. The first-order valence-electron chi connectivity index (χ1n) is 7.05. The van der Waals surface area contributed by atoms with Gasteiger partial charge in [0.25, 0.3) is 0 Å². The number of carbonyl (C=O) groups excluding carboxylic acids is 2. The molecular formula is C13H21N3O2. The molecule has 0 aromatic heterocycles. The summed E-state index contributed by atoms with van der Waals surface area (Å²) >= 11 is 0. The normalized spacial score (nSPS) is 36.2. The summed E-state index contributed by atoms with van der Waals surface area (Å²) in [5.74, 6) is 0.175. The lowest BCUT2D eigenvalue weighted by Gasteiger charge is -2.26. The second kappa shape index (κ2) is 4.88. The Morgan fingerprint density at radius 3 is 2.94 bits per heavy atom. The van der Waals surface area contributed by atoms with Crippen LogP contribution in [0.1, 0.15) is 32.1 Å². The third-order valence-corrected chi connectivity index (χ3v) is 4.57. The zero-order chi connectivity index (χ0) is 12.5. The van der Waals surface area contributed by atoms with Crippen LogP contribution in [0.15, 0.2) is 0 Å². The second-order valence-electron chi connectivity index (χ2n) is 5.69. The predicted molar refractivity (Wildman–Crippen MR) is 66.9 cm³/mol. The van der Waals surface area contributed by atoms with Crippen LogP contribution in [0.4, 0.5) is 0 Å². The van der Waals surface area contributed by atoms with Crippen molar-refractivity contribution in [1.82, 2.24) is 15.5 Å². The maximum atomic E-state index is 12.2. The van der Waals surface area contributed by atoms with E-state index in [1.54, 1.807) is 0 Å². The molecule has 100 valence electrons. The van der Waals surface area contributed by atoms with E-state index in [4.69, 9.17) is 0 Å². The van der Waals surface area contributed by atoms with E-state index in [1.165, 1.54) is 19.4 Å².